The van der Waals surface area contributed by atoms with Gasteiger partial charge in [-0.25, -0.2) is 13.1 Å². The first-order chi connectivity index (χ1) is 7.90. The summed E-state index contributed by atoms with van der Waals surface area (Å²) in [5.74, 6) is -0.0464. The molecule has 1 aliphatic rings. The molecule has 3 N–H and O–H groups in total. The third kappa shape index (κ3) is 2.98. The van der Waals surface area contributed by atoms with E-state index in [2.05, 4.69) is 4.72 Å². The van der Waals surface area contributed by atoms with Crippen molar-refractivity contribution in [1.82, 2.24) is 4.72 Å². The van der Waals surface area contributed by atoms with Crippen molar-refractivity contribution < 1.29 is 8.42 Å². The summed E-state index contributed by atoms with van der Waals surface area (Å²) in [6.45, 7) is 1.95. The molecular formula is C12H18N2O2S. The third-order valence-electron chi connectivity index (χ3n) is 3.26. The molecule has 94 valence electrons. The number of para-hydroxylation sites is 1. The van der Waals surface area contributed by atoms with Gasteiger partial charge in [-0.15, -0.1) is 0 Å². The minimum absolute atomic E-state index is 0.0464. The molecule has 1 fully saturated rings. The van der Waals surface area contributed by atoms with Gasteiger partial charge >= 0.3 is 0 Å². The van der Waals surface area contributed by atoms with Gasteiger partial charge < -0.3 is 5.73 Å². The maximum Gasteiger partial charge on any atom is 0.216 e. The molecule has 2 rings (SSSR count). The summed E-state index contributed by atoms with van der Waals surface area (Å²) in [5.41, 5.74) is 6.68. The molecule has 1 aromatic carbocycles. The van der Waals surface area contributed by atoms with Crippen molar-refractivity contribution in [3.63, 3.8) is 0 Å². The smallest absolute Gasteiger partial charge is 0.216 e. The van der Waals surface area contributed by atoms with Crippen LogP contribution in [0.3, 0.4) is 0 Å². The average Bonchev–Trinajstić information content (AvgIpc) is 2.18. The van der Waals surface area contributed by atoms with Crippen LogP contribution in [0.1, 0.15) is 31.7 Å². The van der Waals surface area contributed by atoms with Crippen LogP contribution in [0.15, 0.2) is 24.3 Å². The Hall–Kier alpha value is -1.07. The first kappa shape index (κ1) is 12.4. The molecule has 0 aliphatic heterocycles. The number of hydrogen-bond acceptors (Lipinski definition) is 3. The number of hydrogen-bond donors (Lipinski definition) is 2. The van der Waals surface area contributed by atoms with E-state index in [4.69, 9.17) is 5.73 Å². The van der Waals surface area contributed by atoms with E-state index in [1.807, 2.05) is 6.92 Å². The molecule has 0 saturated heterocycles. The fourth-order valence-corrected chi connectivity index (χ4v) is 3.79. The predicted octanol–water partition coefficient (Wildman–Crippen LogP) is 1.63. The molecule has 0 spiro atoms. The Morgan fingerprint density at radius 1 is 1.35 bits per heavy atom. The maximum atomic E-state index is 12.0. The SMILES string of the molecule is CC1(NS(=O)(=O)Cc2ccccc2N)CCC1. The van der Waals surface area contributed by atoms with Crippen LogP contribution in [-0.4, -0.2) is 14.0 Å². The lowest BCUT2D eigenvalue weighted by atomic mass is 9.80. The third-order valence-corrected chi connectivity index (χ3v) is 4.75. The molecule has 1 aliphatic carbocycles. The lowest BCUT2D eigenvalue weighted by Crippen LogP contribution is -2.51. The highest BCUT2D eigenvalue weighted by molar-refractivity contribution is 7.88. The highest BCUT2D eigenvalue weighted by Gasteiger charge is 2.35. The molecule has 4 nitrogen and oxygen atoms in total. The van der Waals surface area contributed by atoms with Gasteiger partial charge in [0.05, 0.1) is 5.75 Å². The summed E-state index contributed by atoms with van der Waals surface area (Å²) in [7, 11) is -3.31. The van der Waals surface area contributed by atoms with Gasteiger partial charge in [0, 0.05) is 11.2 Å². The number of nitrogen functional groups attached to an aromatic ring is 1. The second-order valence-corrected chi connectivity index (χ2v) is 6.70. The minimum atomic E-state index is -3.31. The molecule has 1 aromatic rings. The van der Waals surface area contributed by atoms with Gasteiger partial charge in [0.2, 0.25) is 10.0 Å². The van der Waals surface area contributed by atoms with Crippen molar-refractivity contribution in [2.75, 3.05) is 5.73 Å². The van der Waals surface area contributed by atoms with Crippen molar-refractivity contribution in [2.45, 2.75) is 37.5 Å². The molecule has 17 heavy (non-hydrogen) atoms. The van der Waals surface area contributed by atoms with E-state index < -0.39 is 10.0 Å². The number of nitrogens with one attached hydrogen (secondary N) is 1. The highest BCUT2D eigenvalue weighted by Crippen LogP contribution is 2.32. The molecule has 1 saturated carbocycles. The van der Waals surface area contributed by atoms with Crippen LogP contribution in [0.5, 0.6) is 0 Å². The van der Waals surface area contributed by atoms with Gasteiger partial charge in [0.1, 0.15) is 0 Å². The van der Waals surface area contributed by atoms with Gasteiger partial charge in [0.15, 0.2) is 0 Å². The zero-order chi connectivity index (χ0) is 12.5. The molecule has 0 atom stereocenters. The second-order valence-electron chi connectivity index (χ2n) is 4.97. The number of nitrogens with two attached hydrogens (primary N) is 1. The Balaban J connectivity index is 2.10. The van der Waals surface area contributed by atoms with Gasteiger partial charge in [-0.2, -0.15) is 0 Å². The number of rotatable bonds is 4. The van der Waals surface area contributed by atoms with Crippen LogP contribution < -0.4 is 10.5 Å². The zero-order valence-electron chi connectivity index (χ0n) is 9.94. The predicted molar refractivity (Wildman–Crippen MR) is 68.9 cm³/mol. The van der Waals surface area contributed by atoms with Crippen LogP contribution in [-0.2, 0) is 15.8 Å². The van der Waals surface area contributed by atoms with Crippen LogP contribution in [0.25, 0.3) is 0 Å². The fraction of sp³-hybridized carbons (Fsp3) is 0.500. The lowest BCUT2D eigenvalue weighted by molar-refractivity contribution is 0.248. The molecule has 0 unspecified atom stereocenters. The van der Waals surface area contributed by atoms with Crippen molar-refractivity contribution in [3.05, 3.63) is 29.8 Å². The Morgan fingerprint density at radius 3 is 2.53 bits per heavy atom. The van der Waals surface area contributed by atoms with Crippen LogP contribution in [0.2, 0.25) is 0 Å². The molecule has 0 amide bonds. The standard InChI is InChI=1S/C12H18N2O2S/c1-12(7-4-8-12)14-17(15,16)9-10-5-2-3-6-11(10)13/h2-3,5-6,14H,4,7-9,13H2,1H3. The molecule has 0 aromatic heterocycles. The van der Waals surface area contributed by atoms with Crippen molar-refractivity contribution in [2.24, 2.45) is 0 Å². The molecule has 0 heterocycles. The van der Waals surface area contributed by atoms with Crippen LogP contribution >= 0.6 is 0 Å². The first-order valence-corrected chi connectivity index (χ1v) is 7.41. The van der Waals surface area contributed by atoms with E-state index in [0.717, 1.165) is 19.3 Å². The summed E-state index contributed by atoms with van der Waals surface area (Å²) in [6.07, 6.45) is 2.92. The number of anilines is 1. The van der Waals surface area contributed by atoms with E-state index in [1.165, 1.54) is 0 Å². The summed E-state index contributed by atoms with van der Waals surface area (Å²) in [4.78, 5) is 0. The summed E-state index contributed by atoms with van der Waals surface area (Å²) in [6, 6.07) is 7.06. The molecule has 0 radical (unpaired) electrons. The van der Waals surface area contributed by atoms with Crippen molar-refractivity contribution >= 4 is 15.7 Å². The Labute approximate surface area is 102 Å². The summed E-state index contributed by atoms with van der Waals surface area (Å²) in [5, 5.41) is 0. The first-order valence-electron chi connectivity index (χ1n) is 5.75. The average molecular weight is 254 g/mol. The summed E-state index contributed by atoms with van der Waals surface area (Å²) < 4.78 is 26.7. The lowest BCUT2D eigenvalue weighted by Gasteiger charge is -2.38. The van der Waals surface area contributed by atoms with Gasteiger partial charge in [-0.05, 0) is 37.8 Å². The number of sulfonamides is 1. The highest BCUT2D eigenvalue weighted by atomic mass is 32.2. The van der Waals surface area contributed by atoms with Crippen molar-refractivity contribution in [1.29, 1.82) is 0 Å². The topological polar surface area (TPSA) is 72.2 Å². The van der Waals surface area contributed by atoms with Gasteiger partial charge in [-0.3, -0.25) is 0 Å². The van der Waals surface area contributed by atoms with E-state index in [9.17, 15) is 8.42 Å². The largest absolute Gasteiger partial charge is 0.398 e. The Morgan fingerprint density at radius 2 is 2.00 bits per heavy atom. The molecule has 5 heteroatoms. The van der Waals surface area contributed by atoms with E-state index >= 15 is 0 Å². The molecule has 0 bridgehead atoms. The number of benzene rings is 1. The van der Waals surface area contributed by atoms with Gasteiger partial charge in [-0.1, -0.05) is 18.2 Å². The van der Waals surface area contributed by atoms with Crippen LogP contribution in [0, 0.1) is 0 Å². The Kier molecular flexibility index (Phi) is 3.14. The quantitative estimate of drug-likeness (QED) is 0.802. The van der Waals surface area contributed by atoms with Gasteiger partial charge in [0.25, 0.3) is 0 Å². The monoisotopic (exact) mass is 254 g/mol. The minimum Gasteiger partial charge on any atom is -0.398 e. The van der Waals surface area contributed by atoms with E-state index in [0.29, 0.717) is 11.3 Å². The second kappa shape index (κ2) is 4.31. The van der Waals surface area contributed by atoms with E-state index in [-0.39, 0.29) is 11.3 Å². The summed E-state index contributed by atoms with van der Waals surface area (Å²) >= 11 is 0. The van der Waals surface area contributed by atoms with Crippen molar-refractivity contribution in [3.8, 4) is 0 Å². The molecular weight excluding hydrogens is 236 g/mol. The van der Waals surface area contributed by atoms with E-state index in [1.54, 1.807) is 24.3 Å². The Bertz CT molecular complexity index is 507. The zero-order valence-corrected chi connectivity index (χ0v) is 10.8. The fourth-order valence-electron chi connectivity index (χ4n) is 2.09. The maximum absolute atomic E-state index is 12.0. The normalized spacial score (nSPS) is 18.6. The van der Waals surface area contributed by atoms with Crippen LogP contribution in [0.4, 0.5) is 5.69 Å².